The average Bonchev–Trinajstić information content (AvgIpc) is 2.46. The maximum atomic E-state index is 11.9. The van der Waals surface area contributed by atoms with Gasteiger partial charge in [0.15, 0.2) is 0 Å². The van der Waals surface area contributed by atoms with E-state index < -0.39 is 5.97 Å². The highest BCUT2D eigenvalue weighted by Crippen LogP contribution is 2.16. The zero-order valence-corrected chi connectivity index (χ0v) is 11.9. The van der Waals surface area contributed by atoms with Crippen LogP contribution >= 0.6 is 0 Å². The Hall–Kier alpha value is -2.63. The molecule has 1 aromatic heterocycles. The highest BCUT2D eigenvalue weighted by molar-refractivity contribution is 5.66. The van der Waals surface area contributed by atoms with Crippen LogP contribution < -0.4 is 10.2 Å². The normalized spacial score (nSPS) is 10.4. The van der Waals surface area contributed by atoms with Crippen molar-refractivity contribution in [2.45, 2.75) is 19.8 Å². The van der Waals surface area contributed by atoms with Gasteiger partial charge in [-0.15, -0.1) is 0 Å². The van der Waals surface area contributed by atoms with Gasteiger partial charge in [0.2, 0.25) is 5.43 Å². The second-order valence-electron chi connectivity index (χ2n) is 4.60. The summed E-state index contributed by atoms with van der Waals surface area (Å²) < 4.78 is 6.78. The lowest BCUT2D eigenvalue weighted by Crippen LogP contribution is -2.19. The van der Waals surface area contributed by atoms with Crippen LogP contribution in [-0.2, 0) is 11.2 Å². The minimum atomic E-state index is -0.954. The molecule has 0 aliphatic heterocycles. The largest absolute Gasteiger partial charge is 0.497 e. The van der Waals surface area contributed by atoms with Crippen LogP contribution in [0.5, 0.6) is 5.75 Å². The number of carbonyl (C=O) groups is 1. The fourth-order valence-corrected chi connectivity index (χ4v) is 1.99. The Morgan fingerprint density at radius 2 is 2.14 bits per heavy atom. The van der Waals surface area contributed by atoms with Crippen LogP contribution in [0.2, 0.25) is 0 Å². The van der Waals surface area contributed by atoms with Crippen molar-refractivity contribution in [1.29, 1.82) is 0 Å². The van der Waals surface area contributed by atoms with Crippen LogP contribution in [0, 0.1) is 6.92 Å². The van der Waals surface area contributed by atoms with Gasteiger partial charge in [-0.1, -0.05) is 6.07 Å². The van der Waals surface area contributed by atoms with E-state index in [9.17, 15) is 9.59 Å². The predicted octanol–water partition coefficient (Wildman–Crippen LogP) is 1.57. The van der Waals surface area contributed by atoms with Crippen molar-refractivity contribution in [2.75, 3.05) is 7.11 Å². The van der Waals surface area contributed by atoms with Crippen LogP contribution in [0.25, 0.3) is 5.69 Å². The first-order chi connectivity index (χ1) is 10.0. The summed E-state index contributed by atoms with van der Waals surface area (Å²) in [6.45, 7) is 1.77. The molecule has 0 aliphatic carbocycles. The minimum absolute atomic E-state index is 0.110. The third-order valence-corrected chi connectivity index (χ3v) is 3.05. The zero-order chi connectivity index (χ0) is 15.4. The van der Waals surface area contributed by atoms with Gasteiger partial charge in [-0.2, -0.15) is 5.10 Å². The van der Waals surface area contributed by atoms with Gasteiger partial charge in [-0.05, 0) is 19.1 Å². The lowest BCUT2D eigenvalue weighted by atomic mass is 10.2. The summed E-state index contributed by atoms with van der Waals surface area (Å²) in [6.07, 6.45) is -0.0121. The van der Waals surface area contributed by atoms with Crippen molar-refractivity contribution in [3.63, 3.8) is 0 Å². The Morgan fingerprint density at radius 3 is 2.81 bits per heavy atom. The summed E-state index contributed by atoms with van der Waals surface area (Å²) in [7, 11) is 1.57. The number of methoxy groups -OCH3 is 1. The molecule has 0 saturated carbocycles. The lowest BCUT2D eigenvalue weighted by Gasteiger charge is -2.12. The molecule has 1 heterocycles. The molecule has 0 unspecified atom stereocenters. The van der Waals surface area contributed by atoms with Gasteiger partial charge in [0.1, 0.15) is 11.4 Å². The van der Waals surface area contributed by atoms with E-state index in [0.717, 1.165) is 5.69 Å². The third kappa shape index (κ3) is 3.47. The van der Waals surface area contributed by atoms with Gasteiger partial charge in [0.25, 0.3) is 0 Å². The smallest absolute Gasteiger partial charge is 0.303 e. The maximum Gasteiger partial charge on any atom is 0.303 e. The summed E-state index contributed by atoms with van der Waals surface area (Å²) in [6, 6.07) is 8.74. The minimum Gasteiger partial charge on any atom is -0.497 e. The van der Waals surface area contributed by atoms with Gasteiger partial charge in [0.05, 0.1) is 19.2 Å². The van der Waals surface area contributed by atoms with Crippen LogP contribution in [0.15, 0.2) is 35.1 Å². The Balaban J connectivity index is 2.45. The topological polar surface area (TPSA) is 81.4 Å². The second kappa shape index (κ2) is 6.21. The van der Waals surface area contributed by atoms with E-state index in [0.29, 0.717) is 11.4 Å². The van der Waals surface area contributed by atoms with Gasteiger partial charge in [-0.3, -0.25) is 9.59 Å². The van der Waals surface area contributed by atoms with E-state index in [-0.39, 0.29) is 24.0 Å². The first kappa shape index (κ1) is 14.8. The van der Waals surface area contributed by atoms with E-state index in [1.807, 2.05) is 18.2 Å². The Morgan fingerprint density at radius 1 is 1.38 bits per heavy atom. The number of aliphatic carboxylic acids is 1. The van der Waals surface area contributed by atoms with Crippen molar-refractivity contribution in [2.24, 2.45) is 0 Å². The molecule has 6 heteroatoms. The van der Waals surface area contributed by atoms with Crippen LogP contribution in [0.4, 0.5) is 0 Å². The van der Waals surface area contributed by atoms with Crippen molar-refractivity contribution < 1.29 is 14.6 Å². The van der Waals surface area contributed by atoms with E-state index >= 15 is 0 Å². The molecule has 21 heavy (non-hydrogen) atoms. The quantitative estimate of drug-likeness (QED) is 0.903. The molecule has 110 valence electrons. The molecule has 2 aromatic rings. The van der Waals surface area contributed by atoms with E-state index in [2.05, 4.69) is 5.10 Å². The molecule has 0 amide bonds. The Kier molecular flexibility index (Phi) is 4.37. The number of aromatic nitrogens is 2. The number of benzene rings is 1. The zero-order valence-electron chi connectivity index (χ0n) is 11.9. The van der Waals surface area contributed by atoms with E-state index in [1.165, 1.54) is 6.07 Å². The number of carboxylic acids is 1. The molecule has 1 aromatic carbocycles. The molecule has 0 aliphatic rings. The van der Waals surface area contributed by atoms with E-state index in [4.69, 9.17) is 9.84 Å². The fraction of sp³-hybridized carbons (Fsp3) is 0.267. The van der Waals surface area contributed by atoms with E-state index in [1.54, 1.807) is 24.8 Å². The standard InChI is InChI=1S/C15H16N2O4/c1-10-8-14(18)13(6-7-15(19)20)16-17(10)11-4-3-5-12(9-11)21-2/h3-5,8-9H,6-7H2,1-2H3,(H,19,20). The molecule has 0 spiro atoms. The summed E-state index contributed by atoms with van der Waals surface area (Å²) in [5, 5.41) is 13.0. The Labute approximate surface area is 121 Å². The van der Waals surface area contributed by atoms with Crippen molar-refractivity contribution >= 4 is 5.97 Å². The number of carboxylic acid groups (broad SMARTS) is 1. The summed E-state index contributed by atoms with van der Waals surface area (Å²) in [5.74, 6) is -0.274. The molecule has 1 N–H and O–H groups in total. The average molecular weight is 288 g/mol. The van der Waals surface area contributed by atoms with Crippen molar-refractivity contribution in [1.82, 2.24) is 9.78 Å². The van der Waals surface area contributed by atoms with Gasteiger partial charge in [0, 0.05) is 24.2 Å². The molecular weight excluding hydrogens is 272 g/mol. The van der Waals surface area contributed by atoms with Gasteiger partial charge in [-0.25, -0.2) is 4.68 Å². The molecule has 0 fully saturated rings. The second-order valence-corrected chi connectivity index (χ2v) is 4.60. The van der Waals surface area contributed by atoms with Gasteiger partial charge >= 0.3 is 5.97 Å². The van der Waals surface area contributed by atoms with Crippen LogP contribution in [0.1, 0.15) is 17.8 Å². The molecular formula is C15H16N2O4. The maximum absolute atomic E-state index is 11.9. The van der Waals surface area contributed by atoms with Crippen LogP contribution in [-0.4, -0.2) is 28.0 Å². The number of nitrogens with zero attached hydrogens (tertiary/aromatic N) is 2. The summed E-state index contributed by atoms with van der Waals surface area (Å²) in [5.41, 5.74) is 1.43. The number of rotatable bonds is 5. The molecule has 6 nitrogen and oxygen atoms in total. The molecule has 0 atom stereocenters. The lowest BCUT2D eigenvalue weighted by molar-refractivity contribution is -0.136. The monoisotopic (exact) mass is 288 g/mol. The fourth-order valence-electron chi connectivity index (χ4n) is 1.99. The number of hydrogen-bond acceptors (Lipinski definition) is 4. The van der Waals surface area contributed by atoms with Crippen molar-refractivity contribution in [3.8, 4) is 11.4 Å². The molecule has 0 bridgehead atoms. The highest BCUT2D eigenvalue weighted by atomic mass is 16.5. The summed E-state index contributed by atoms with van der Waals surface area (Å²) >= 11 is 0. The van der Waals surface area contributed by atoms with Gasteiger partial charge < -0.3 is 9.84 Å². The highest BCUT2D eigenvalue weighted by Gasteiger charge is 2.10. The molecule has 0 radical (unpaired) electrons. The first-order valence-electron chi connectivity index (χ1n) is 6.47. The Bertz CT molecular complexity index is 722. The van der Waals surface area contributed by atoms with Crippen LogP contribution in [0.3, 0.4) is 0 Å². The number of aryl methyl sites for hydroxylation is 2. The predicted molar refractivity (Wildman–Crippen MR) is 77.1 cm³/mol. The van der Waals surface area contributed by atoms with Crippen molar-refractivity contribution in [3.05, 3.63) is 51.9 Å². The number of hydrogen-bond donors (Lipinski definition) is 1. The SMILES string of the molecule is COc1cccc(-n2nc(CCC(=O)O)c(=O)cc2C)c1. The number of ether oxygens (including phenoxy) is 1. The first-order valence-corrected chi connectivity index (χ1v) is 6.47. The molecule has 2 rings (SSSR count). The third-order valence-electron chi connectivity index (χ3n) is 3.05. The molecule has 0 saturated heterocycles. The summed E-state index contributed by atoms with van der Waals surface area (Å²) in [4.78, 5) is 22.5.